The lowest BCUT2D eigenvalue weighted by Crippen LogP contribution is -2.42. The summed E-state index contributed by atoms with van der Waals surface area (Å²) in [5, 5.41) is 2.78. The van der Waals surface area contributed by atoms with E-state index in [0.29, 0.717) is 17.7 Å². The second-order valence-electron chi connectivity index (χ2n) is 5.16. The molecule has 1 saturated carbocycles. The first kappa shape index (κ1) is 15.5. The van der Waals surface area contributed by atoms with E-state index in [1.165, 1.54) is 18.2 Å². The Hall–Kier alpha value is -1.90. The number of halogens is 1. The first-order valence-electron chi connectivity index (χ1n) is 6.92. The molecule has 1 aliphatic carbocycles. The zero-order valence-corrected chi connectivity index (χ0v) is 12.0. The highest BCUT2D eigenvalue weighted by molar-refractivity contribution is 5.92. The number of ether oxygens (including phenoxy) is 1. The first-order valence-corrected chi connectivity index (χ1v) is 6.92. The second kappa shape index (κ2) is 6.70. The molecule has 0 heterocycles. The van der Waals surface area contributed by atoms with Crippen LogP contribution in [0, 0.1) is 17.7 Å². The molecule has 0 unspecified atom stereocenters. The summed E-state index contributed by atoms with van der Waals surface area (Å²) in [6.45, 7) is 0.177. The van der Waals surface area contributed by atoms with E-state index in [1.54, 1.807) is 7.11 Å². The number of nitrogens with two attached hydrogens (primary N) is 1. The van der Waals surface area contributed by atoms with E-state index < -0.39 is 5.82 Å². The Balaban J connectivity index is 2.10. The maximum atomic E-state index is 13.3. The van der Waals surface area contributed by atoms with Gasteiger partial charge in [-0.3, -0.25) is 4.79 Å². The fourth-order valence-corrected chi connectivity index (χ4v) is 2.39. The van der Waals surface area contributed by atoms with Gasteiger partial charge >= 0.3 is 0 Å². The fourth-order valence-electron chi connectivity index (χ4n) is 2.39. The normalized spacial score (nSPS) is 15.6. The van der Waals surface area contributed by atoms with Crippen molar-refractivity contribution in [3.63, 3.8) is 0 Å². The summed E-state index contributed by atoms with van der Waals surface area (Å²) >= 11 is 0. The average Bonchev–Trinajstić information content (AvgIpc) is 2.43. The van der Waals surface area contributed by atoms with Gasteiger partial charge in [-0.15, -0.1) is 0 Å². The van der Waals surface area contributed by atoms with Crippen LogP contribution < -0.4 is 11.1 Å². The summed E-state index contributed by atoms with van der Waals surface area (Å²) in [6.07, 6.45) is 3.15. The molecule has 0 spiro atoms. The first-order chi connectivity index (χ1) is 10.1. The molecule has 4 nitrogen and oxygen atoms in total. The molecular weight excluding hydrogens is 271 g/mol. The summed E-state index contributed by atoms with van der Waals surface area (Å²) in [4.78, 5) is 12.1. The summed E-state index contributed by atoms with van der Waals surface area (Å²) < 4.78 is 18.7. The molecule has 1 aliphatic rings. The molecule has 3 N–H and O–H groups in total. The number of carbonyl (C=O) groups excluding carboxylic acids is 1. The van der Waals surface area contributed by atoms with Crippen LogP contribution in [-0.4, -0.2) is 25.2 Å². The van der Waals surface area contributed by atoms with Crippen LogP contribution in [0.25, 0.3) is 0 Å². The van der Waals surface area contributed by atoms with E-state index in [1.807, 2.05) is 0 Å². The van der Waals surface area contributed by atoms with Crippen LogP contribution in [0.3, 0.4) is 0 Å². The van der Waals surface area contributed by atoms with E-state index in [0.717, 1.165) is 19.3 Å². The summed E-state index contributed by atoms with van der Waals surface area (Å²) in [7, 11) is 1.63. The van der Waals surface area contributed by atoms with E-state index in [-0.39, 0.29) is 18.1 Å². The molecular formula is C16H19FN2O2. The minimum atomic E-state index is -0.401. The Labute approximate surface area is 123 Å². The Kier molecular flexibility index (Phi) is 4.94. The molecule has 0 radical (unpaired) electrons. The molecule has 1 fully saturated rings. The van der Waals surface area contributed by atoms with Crippen LogP contribution in [0.2, 0.25) is 0 Å². The third-order valence-electron chi connectivity index (χ3n) is 3.76. The number of carbonyl (C=O) groups is 1. The van der Waals surface area contributed by atoms with E-state index in [2.05, 4.69) is 17.2 Å². The SMILES string of the molecule is COC1(CC(=O)Nc2ccc(F)cc2C#CCN)CCC1. The highest BCUT2D eigenvalue weighted by Gasteiger charge is 2.39. The zero-order valence-electron chi connectivity index (χ0n) is 12.0. The molecule has 21 heavy (non-hydrogen) atoms. The number of hydrogen-bond donors (Lipinski definition) is 2. The van der Waals surface area contributed by atoms with Crippen LogP contribution in [-0.2, 0) is 9.53 Å². The van der Waals surface area contributed by atoms with Crippen molar-refractivity contribution in [3.8, 4) is 11.8 Å². The number of nitrogens with one attached hydrogen (secondary N) is 1. The average molecular weight is 290 g/mol. The van der Waals surface area contributed by atoms with Gasteiger partial charge in [0.2, 0.25) is 5.91 Å². The molecule has 2 rings (SSSR count). The van der Waals surface area contributed by atoms with Gasteiger partial charge in [0.1, 0.15) is 5.82 Å². The third kappa shape index (κ3) is 3.81. The van der Waals surface area contributed by atoms with Crippen molar-refractivity contribution in [3.05, 3.63) is 29.6 Å². The van der Waals surface area contributed by atoms with E-state index >= 15 is 0 Å². The molecule has 0 aliphatic heterocycles. The van der Waals surface area contributed by atoms with Crippen molar-refractivity contribution in [2.75, 3.05) is 19.0 Å². The lowest BCUT2D eigenvalue weighted by molar-refractivity contribution is -0.129. The summed E-state index contributed by atoms with van der Waals surface area (Å²) in [5.41, 5.74) is 5.90. The molecule has 0 saturated heterocycles. The third-order valence-corrected chi connectivity index (χ3v) is 3.76. The molecule has 0 aromatic heterocycles. The minimum absolute atomic E-state index is 0.154. The smallest absolute Gasteiger partial charge is 0.227 e. The number of amides is 1. The Morgan fingerprint density at radius 2 is 2.29 bits per heavy atom. The number of rotatable bonds is 4. The van der Waals surface area contributed by atoms with Gasteiger partial charge in [-0.25, -0.2) is 4.39 Å². The van der Waals surface area contributed by atoms with Gasteiger partial charge in [0, 0.05) is 7.11 Å². The van der Waals surface area contributed by atoms with Gasteiger partial charge in [-0.2, -0.15) is 0 Å². The highest BCUT2D eigenvalue weighted by atomic mass is 19.1. The lowest BCUT2D eigenvalue weighted by Gasteiger charge is -2.39. The van der Waals surface area contributed by atoms with Crippen LogP contribution in [0.4, 0.5) is 10.1 Å². The van der Waals surface area contributed by atoms with Crippen molar-refractivity contribution < 1.29 is 13.9 Å². The quantitative estimate of drug-likeness (QED) is 0.834. The van der Waals surface area contributed by atoms with Crippen molar-refractivity contribution in [2.45, 2.75) is 31.3 Å². The second-order valence-corrected chi connectivity index (χ2v) is 5.16. The topological polar surface area (TPSA) is 64.3 Å². The number of methoxy groups -OCH3 is 1. The predicted molar refractivity (Wildman–Crippen MR) is 79.2 cm³/mol. The molecule has 1 aromatic rings. The Morgan fingerprint density at radius 3 is 2.86 bits per heavy atom. The Bertz CT molecular complexity index is 580. The van der Waals surface area contributed by atoms with Gasteiger partial charge in [-0.1, -0.05) is 11.8 Å². The van der Waals surface area contributed by atoms with Gasteiger partial charge in [-0.05, 0) is 37.5 Å². The van der Waals surface area contributed by atoms with Gasteiger partial charge in [0.15, 0.2) is 0 Å². The molecule has 0 bridgehead atoms. The summed E-state index contributed by atoms with van der Waals surface area (Å²) in [5.74, 6) is 4.87. The van der Waals surface area contributed by atoms with E-state index in [9.17, 15) is 9.18 Å². The Morgan fingerprint density at radius 1 is 1.52 bits per heavy atom. The standard InChI is InChI=1S/C16H19FN2O2/c1-21-16(7-3-8-16)11-15(20)19-14-6-5-13(17)10-12(14)4-2-9-18/h5-6,10H,3,7-9,11,18H2,1H3,(H,19,20). The molecule has 112 valence electrons. The van der Waals surface area contributed by atoms with Crippen LogP contribution in [0.1, 0.15) is 31.2 Å². The molecule has 1 aromatic carbocycles. The van der Waals surface area contributed by atoms with Crippen LogP contribution in [0.5, 0.6) is 0 Å². The molecule has 5 heteroatoms. The van der Waals surface area contributed by atoms with Gasteiger partial charge in [0.25, 0.3) is 0 Å². The monoisotopic (exact) mass is 290 g/mol. The number of benzene rings is 1. The molecule has 1 amide bonds. The maximum Gasteiger partial charge on any atom is 0.227 e. The van der Waals surface area contributed by atoms with Crippen molar-refractivity contribution in [1.82, 2.24) is 0 Å². The van der Waals surface area contributed by atoms with Crippen LogP contribution in [0.15, 0.2) is 18.2 Å². The largest absolute Gasteiger partial charge is 0.378 e. The predicted octanol–water partition coefficient (Wildman–Crippen LogP) is 2.03. The van der Waals surface area contributed by atoms with Gasteiger partial charge < -0.3 is 15.8 Å². The number of anilines is 1. The van der Waals surface area contributed by atoms with Crippen LogP contribution >= 0.6 is 0 Å². The summed E-state index contributed by atoms with van der Waals surface area (Å²) in [6, 6.07) is 4.08. The van der Waals surface area contributed by atoms with Gasteiger partial charge in [0.05, 0.1) is 29.8 Å². The fraction of sp³-hybridized carbons (Fsp3) is 0.438. The van der Waals surface area contributed by atoms with Crippen molar-refractivity contribution >= 4 is 11.6 Å². The number of hydrogen-bond acceptors (Lipinski definition) is 3. The minimum Gasteiger partial charge on any atom is -0.378 e. The molecule has 0 atom stereocenters. The van der Waals surface area contributed by atoms with Crippen molar-refractivity contribution in [1.29, 1.82) is 0 Å². The van der Waals surface area contributed by atoms with Crippen molar-refractivity contribution in [2.24, 2.45) is 5.73 Å². The maximum absolute atomic E-state index is 13.3. The van der Waals surface area contributed by atoms with E-state index in [4.69, 9.17) is 10.5 Å². The lowest BCUT2D eigenvalue weighted by atomic mass is 9.77. The highest BCUT2D eigenvalue weighted by Crippen LogP contribution is 2.38. The zero-order chi connectivity index (χ0) is 15.3.